The zero-order chi connectivity index (χ0) is 13.8. The van der Waals surface area contributed by atoms with E-state index >= 15 is 0 Å². The van der Waals surface area contributed by atoms with Gasteiger partial charge in [-0.3, -0.25) is 9.59 Å². The molecule has 102 valence electrons. The summed E-state index contributed by atoms with van der Waals surface area (Å²) in [6, 6.07) is 0. The van der Waals surface area contributed by atoms with Crippen LogP contribution >= 0.6 is 11.6 Å². The number of rotatable bonds is 2. The van der Waals surface area contributed by atoms with Gasteiger partial charge in [0, 0.05) is 33.1 Å². The molecule has 1 amide bonds. The smallest absolute Gasteiger partial charge is 0.219 e. The molecule has 0 saturated carbocycles. The van der Waals surface area contributed by atoms with Gasteiger partial charge in [-0.05, 0) is 6.42 Å². The zero-order valence-corrected chi connectivity index (χ0v) is 11.4. The van der Waals surface area contributed by atoms with Crippen molar-refractivity contribution >= 4 is 29.6 Å². The van der Waals surface area contributed by atoms with Gasteiger partial charge < -0.3 is 9.80 Å². The lowest BCUT2D eigenvalue weighted by atomic mass is 10.3. The van der Waals surface area contributed by atoms with Crippen molar-refractivity contribution in [3.8, 4) is 0 Å². The molecule has 2 heterocycles. The standard InChI is InChI=1S/C12H15ClN4O2/c1-9(19)16-3-2-4-17(6-5-16)12-10(7-18)11(13)14-8-15-12/h7-8H,2-6H2,1H3. The summed E-state index contributed by atoms with van der Waals surface area (Å²) < 4.78 is 0. The fourth-order valence-corrected chi connectivity index (χ4v) is 2.34. The Kier molecular flexibility index (Phi) is 4.31. The van der Waals surface area contributed by atoms with Gasteiger partial charge in [0.05, 0.1) is 5.56 Å². The molecule has 1 saturated heterocycles. The maximum atomic E-state index is 11.4. The van der Waals surface area contributed by atoms with Gasteiger partial charge in [-0.25, -0.2) is 9.97 Å². The monoisotopic (exact) mass is 282 g/mol. The Labute approximate surface area is 116 Å². The minimum Gasteiger partial charge on any atom is -0.354 e. The van der Waals surface area contributed by atoms with Gasteiger partial charge in [0.2, 0.25) is 5.91 Å². The first kappa shape index (κ1) is 13.7. The molecule has 6 nitrogen and oxygen atoms in total. The minimum absolute atomic E-state index is 0.0678. The summed E-state index contributed by atoms with van der Waals surface area (Å²) in [5, 5.41) is 0.160. The van der Waals surface area contributed by atoms with Crippen LogP contribution in [0.2, 0.25) is 5.15 Å². The first-order chi connectivity index (χ1) is 9.13. The summed E-state index contributed by atoms with van der Waals surface area (Å²) in [6.07, 6.45) is 2.85. The fraction of sp³-hybridized carbons (Fsp3) is 0.500. The summed E-state index contributed by atoms with van der Waals surface area (Å²) in [5.74, 6) is 0.610. The summed E-state index contributed by atoms with van der Waals surface area (Å²) in [7, 11) is 0. The van der Waals surface area contributed by atoms with Crippen LogP contribution in [-0.4, -0.2) is 53.2 Å². The molecule has 0 N–H and O–H groups in total. The third kappa shape index (κ3) is 3.01. The van der Waals surface area contributed by atoms with E-state index in [1.54, 1.807) is 11.8 Å². The second-order valence-corrected chi connectivity index (χ2v) is 4.72. The first-order valence-corrected chi connectivity index (χ1v) is 6.47. The van der Waals surface area contributed by atoms with E-state index in [0.717, 1.165) is 19.5 Å². The second kappa shape index (κ2) is 5.97. The topological polar surface area (TPSA) is 66.4 Å². The van der Waals surface area contributed by atoms with Crippen LogP contribution in [0.3, 0.4) is 0 Å². The number of anilines is 1. The quantitative estimate of drug-likeness (QED) is 0.598. The zero-order valence-electron chi connectivity index (χ0n) is 10.7. The van der Waals surface area contributed by atoms with Crippen molar-refractivity contribution in [1.29, 1.82) is 0 Å². The van der Waals surface area contributed by atoms with Gasteiger partial charge in [0.1, 0.15) is 17.3 Å². The van der Waals surface area contributed by atoms with E-state index in [9.17, 15) is 9.59 Å². The van der Waals surface area contributed by atoms with E-state index in [0.29, 0.717) is 30.8 Å². The number of carbonyl (C=O) groups is 2. The number of nitrogens with zero attached hydrogens (tertiary/aromatic N) is 4. The third-order valence-corrected chi connectivity index (χ3v) is 3.47. The predicted molar refractivity (Wildman–Crippen MR) is 71.5 cm³/mol. The second-order valence-electron chi connectivity index (χ2n) is 4.37. The van der Waals surface area contributed by atoms with Crippen LogP contribution in [0.4, 0.5) is 5.82 Å². The summed E-state index contributed by atoms with van der Waals surface area (Å²) >= 11 is 5.90. The highest BCUT2D eigenvalue weighted by Gasteiger charge is 2.20. The van der Waals surface area contributed by atoms with Crippen molar-refractivity contribution in [3.63, 3.8) is 0 Å². The Bertz CT molecular complexity index is 495. The van der Waals surface area contributed by atoms with Crippen molar-refractivity contribution in [2.24, 2.45) is 0 Å². The van der Waals surface area contributed by atoms with Crippen LogP contribution in [0.5, 0.6) is 0 Å². The van der Waals surface area contributed by atoms with Crippen LogP contribution in [0, 0.1) is 0 Å². The molecule has 1 aromatic rings. The number of hydrogen-bond donors (Lipinski definition) is 0. The van der Waals surface area contributed by atoms with Crippen molar-refractivity contribution in [2.45, 2.75) is 13.3 Å². The predicted octanol–water partition coefficient (Wildman–Crippen LogP) is 1.00. The Morgan fingerprint density at radius 2 is 2.11 bits per heavy atom. The molecule has 1 aromatic heterocycles. The molecule has 0 atom stereocenters. The van der Waals surface area contributed by atoms with Crippen molar-refractivity contribution in [2.75, 3.05) is 31.1 Å². The molecular formula is C12H15ClN4O2. The van der Waals surface area contributed by atoms with Crippen LogP contribution in [0.15, 0.2) is 6.33 Å². The molecule has 1 fully saturated rings. The molecule has 2 rings (SSSR count). The SMILES string of the molecule is CC(=O)N1CCCN(c2ncnc(Cl)c2C=O)CC1. The van der Waals surface area contributed by atoms with Crippen LogP contribution in [-0.2, 0) is 4.79 Å². The summed E-state index contributed by atoms with van der Waals surface area (Å²) in [4.78, 5) is 34.2. The highest BCUT2D eigenvalue weighted by atomic mass is 35.5. The Morgan fingerprint density at radius 3 is 2.79 bits per heavy atom. The largest absolute Gasteiger partial charge is 0.354 e. The molecule has 0 unspecified atom stereocenters. The summed E-state index contributed by atoms with van der Waals surface area (Å²) in [5.41, 5.74) is 0.306. The number of aldehydes is 1. The van der Waals surface area contributed by atoms with E-state index in [-0.39, 0.29) is 11.1 Å². The van der Waals surface area contributed by atoms with Crippen molar-refractivity contribution in [3.05, 3.63) is 17.0 Å². The van der Waals surface area contributed by atoms with Gasteiger partial charge in [0.15, 0.2) is 6.29 Å². The van der Waals surface area contributed by atoms with Gasteiger partial charge in [-0.15, -0.1) is 0 Å². The average Bonchev–Trinajstić information content (AvgIpc) is 2.64. The molecule has 0 bridgehead atoms. The molecule has 1 aliphatic rings. The van der Waals surface area contributed by atoms with Crippen LogP contribution in [0.25, 0.3) is 0 Å². The molecule has 1 aliphatic heterocycles. The summed E-state index contributed by atoms with van der Waals surface area (Å²) in [6.45, 7) is 4.27. The van der Waals surface area contributed by atoms with Gasteiger partial charge >= 0.3 is 0 Å². The highest BCUT2D eigenvalue weighted by molar-refractivity contribution is 6.32. The van der Waals surface area contributed by atoms with Crippen LogP contribution < -0.4 is 4.90 Å². The molecule has 7 heteroatoms. The maximum absolute atomic E-state index is 11.4. The molecule has 0 aromatic carbocycles. The van der Waals surface area contributed by atoms with E-state index < -0.39 is 0 Å². The molecular weight excluding hydrogens is 268 g/mol. The number of halogens is 1. The normalized spacial score (nSPS) is 16.1. The van der Waals surface area contributed by atoms with E-state index in [2.05, 4.69) is 9.97 Å². The lowest BCUT2D eigenvalue weighted by Crippen LogP contribution is -2.34. The van der Waals surface area contributed by atoms with Crippen molar-refractivity contribution < 1.29 is 9.59 Å². The van der Waals surface area contributed by atoms with Gasteiger partial charge in [-0.2, -0.15) is 0 Å². The van der Waals surface area contributed by atoms with E-state index in [4.69, 9.17) is 11.6 Å². The third-order valence-electron chi connectivity index (χ3n) is 3.17. The van der Waals surface area contributed by atoms with Gasteiger partial charge in [0.25, 0.3) is 0 Å². The number of hydrogen-bond acceptors (Lipinski definition) is 5. The maximum Gasteiger partial charge on any atom is 0.219 e. The van der Waals surface area contributed by atoms with E-state index in [1.807, 2.05) is 4.90 Å². The van der Waals surface area contributed by atoms with E-state index in [1.165, 1.54) is 6.33 Å². The number of amides is 1. The Hall–Kier alpha value is -1.69. The van der Waals surface area contributed by atoms with Crippen molar-refractivity contribution in [1.82, 2.24) is 14.9 Å². The van der Waals surface area contributed by atoms with Gasteiger partial charge in [-0.1, -0.05) is 11.6 Å². The number of carbonyl (C=O) groups excluding carboxylic acids is 2. The lowest BCUT2D eigenvalue weighted by Gasteiger charge is -2.23. The first-order valence-electron chi connectivity index (χ1n) is 6.09. The Morgan fingerprint density at radius 1 is 1.32 bits per heavy atom. The molecule has 0 aliphatic carbocycles. The van der Waals surface area contributed by atoms with Crippen LogP contribution in [0.1, 0.15) is 23.7 Å². The highest BCUT2D eigenvalue weighted by Crippen LogP contribution is 2.22. The molecule has 0 radical (unpaired) electrons. The fourth-order valence-electron chi connectivity index (χ4n) is 2.16. The minimum atomic E-state index is 0.0678. The lowest BCUT2D eigenvalue weighted by molar-refractivity contribution is -0.128. The average molecular weight is 283 g/mol. The Balaban J connectivity index is 2.21. The molecule has 0 spiro atoms. The number of aromatic nitrogens is 2. The molecule has 19 heavy (non-hydrogen) atoms.